The van der Waals surface area contributed by atoms with Crippen LogP contribution in [0.4, 0.5) is 4.39 Å². The quantitative estimate of drug-likeness (QED) is 0.539. The van der Waals surface area contributed by atoms with Crippen LogP contribution in [0, 0.1) is 5.82 Å². The Hall–Kier alpha value is -1.82. The Morgan fingerprint density at radius 3 is 2.47 bits per heavy atom. The highest BCUT2D eigenvalue weighted by Crippen LogP contribution is 2.27. The minimum Gasteiger partial charge on any atom is -0.504 e. The van der Waals surface area contributed by atoms with Gasteiger partial charge in [-0.05, 0) is 11.6 Å². The number of hydrogen-bond donors (Lipinski definition) is 4. The second kappa shape index (κ2) is 4.14. The Morgan fingerprint density at radius 2 is 1.93 bits per heavy atom. The van der Waals surface area contributed by atoms with Crippen molar-refractivity contribution in [3.05, 3.63) is 23.5 Å². The molecule has 0 saturated carbocycles. The van der Waals surface area contributed by atoms with Gasteiger partial charge in [-0.2, -0.15) is 0 Å². The zero-order valence-corrected chi connectivity index (χ0v) is 7.64. The van der Waals surface area contributed by atoms with Crippen molar-refractivity contribution >= 4 is 5.97 Å². The molecule has 0 amide bonds. The Bertz CT molecular complexity index is 394. The molecule has 0 saturated heterocycles. The maximum Gasteiger partial charge on any atom is 0.320 e. The first kappa shape index (κ1) is 11.3. The van der Waals surface area contributed by atoms with E-state index in [1.165, 1.54) is 0 Å². The molecule has 82 valence electrons. The summed E-state index contributed by atoms with van der Waals surface area (Å²) in [4.78, 5) is 10.4. The summed E-state index contributed by atoms with van der Waals surface area (Å²) in [5.74, 6) is -3.17. The molecule has 5 nitrogen and oxygen atoms in total. The molecular weight excluding hydrogens is 205 g/mol. The number of hydrogen-bond acceptors (Lipinski definition) is 4. The van der Waals surface area contributed by atoms with Gasteiger partial charge in [0, 0.05) is 12.5 Å². The van der Waals surface area contributed by atoms with Crippen LogP contribution < -0.4 is 5.73 Å². The van der Waals surface area contributed by atoms with Crippen molar-refractivity contribution in [2.45, 2.75) is 12.5 Å². The fraction of sp³-hybridized carbons (Fsp3) is 0.222. The van der Waals surface area contributed by atoms with Crippen LogP contribution in [0.5, 0.6) is 11.5 Å². The van der Waals surface area contributed by atoms with Gasteiger partial charge < -0.3 is 21.1 Å². The van der Waals surface area contributed by atoms with Crippen LogP contribution in [0.2, 0.25) is 0 Å². The molecule has 0 aliphatic carbocycles. The smallest absolute Gasteiger partial charge is 0.320 e. The summed E-state index contributed by atoms with van der Waals surface area (Å²) in [6, 6.07) is 0.413. The Morgan fingerprint density at radius 1 is 1.40 bits per heavy atom. The third-order valence-electron chi connectivity index (χ3n) is 1.90. The van der Waals surface area contributed by atoms with E-state index in [-0.39, 0.29) is 12.0 Å². The molecule has 5 N–H and O–H groups in total. The summed E-state index contributed by atoms with van der Waals surface area (Å²) >= 11 is 0. The minimum absolute atomic E-state index is 0.0554. The van der Waals surface area contributed by atoms with Crippen molar-refractivity contribution in [3.8, 4) is 11.5 Å². The summed E-state index contributed by atoms with van der Waals surface area (Å²) in [6.07, 6.45) is -0.255. The Kier molecular flexibility index (Phi) is 3.11. The van der Waals surface area contributed by atoms with E-state index in [9.17, 15) is 9.18 Å². The highest BCUT2D eigenvalue weighted by molar-refractivity contribution is 5.73. The van der Waals surface area contributed by atoms with Crippen LogP contribution in [-0.2, 0) is 11.2 Å². The molecule has 0 aromatic heterocycles. The lowest BCUT2D eigenvalue weighted by atomic mass is 10.1. The van der Waals surface area contributed by atoms with Gasteiger partial charge in [-0.1, -0.05) is 0 Å². The molecule has 1 aromatic rings. The number of benzene rings is 1. The number of nitrogens with two attached hydrogens (primary N) is 1. The number of carbonyl (C=O) groups is 1. The summed E-state index contributed by atoms with van der Waals surface area (Å²) in [5.41, 5.74) is 5.14. The number of carboxylic acid groups (broad SMARTS) is 1. The lowest BCUT2D eigenvalue weighted by molar-refractivity contribution is -0.138. The number of carboxylic acids is 1. The second-order valence-electron chi connectivity index (χ2n) is 3.08. The van der Waals surface area contributed by atoms with E-state index in [2.05, 4.69) is 0 Å². The zero-order valence-electron chi connectivity index (χ0n) is 7.64. The van der Waals surface area contributed by atoms with Gasteiger partial charge in [0.15, 0.2) is 11.5 Å². The molecule has 0 spiro atoms. The van der Waals surface area contributed by atoms with Gasteiger partial charge in [-0.25, -0.2) is 4.39 Å². The topological polar surface area (TPSA) is 104 Å². The van der Waals surface area contributed by atoms with Gasteiger partial charge in [0.05, 0.1) is 0 Å². The predicted molar refractivity (Wildman–Crippen MR) is 49.0 cm³/mol. The lowest BCUT2D eigenvalue weighted by Crippen LogP contribution is -2.32. The molecule has 0 heterocycles. The molecule has 1 rings (SSSR count). The molecule has 1 atom stereocenters. The standard InChI is InChI=1S/C9H10FNO4/c10-5-3-8(13)7(12)2-4(5)1-6(11)9(14)15/h2-3,6,12-13H,1,11H2,(H,14,15)/t6-/m0/s1/i10+0. The van der Waals surface area contributed by atoms with Crippen LogP contribution in [0.1, 0.15) is 5.56 Å². The number of aliphatic carboxylic acids is 1. The maximum absolute atomic E-state index is 13.1. The third kappa shape index (κ3) is 2.57. The monoisotopic (exact) mass is 215 g/mol. The summed E-state index contributed by atoms with van der Waals surface area (Å²) in [6.45, 7) is 0. The van der Waals surface area contributed by atoms with E-state index in [0.717, 1.165) is 6.07 Å². The molecule has 0 fully saturated rings. The number of halogens is 1. The second-order valence-corrected chi connectivity index (χ2v) is 3.08. The maximum atomic E-state index is 13.1. The van der Waals surface area contributed by atoms with E-state index < -0.39 is 29.3 Å². The fourth-order valence-electron chi connectivity index (χ4n) is 1.08. The molecular formula is C9H10FNO4. The summed E-state index contributed by atoms with van der Waals surface area (Å²) in [5, 5.41) is 26.5. The van der Waals surface area contributed by atoms with Gasteiger partial charge in [-0.3, -0.25) is 4.79 Å². The highest BCUT2D eigenvalue weighted by Gasteiger charge is 2.16. The third-order valence-corrected chi connectivity index (χ3v) is 1.90. The van der Waals surface area contributed by atoms with E-state index >= 15 is 0 Å². The average Bonchev–Trinajstić information content (AvgIpc) is 2.13. The molecule has 0 aliphatic rings. The average molecular weight is 215 g/mol. The van der Waals surface area contributed by atoms with E-state index in [4.69, 9.17) is 21.1 Å². The molecule has 0 bridgehead atoms. The first-order valence-corrected chi connectivity index (χ1v) is 4.10. The first-order chi connectivity index (χ1) is 6.91. The van der Waals surface area contributed by atoms with Crippen molar-refractivity contribution in [2.75, 3.05) is 0 Å². The number of phenols is 2. The zero-order chi connectivity index (χ0) is 11.6. The van der Waals surface area contributed by atoms with E-state index in [0.29, 0.717) is 6.07 Å². The molecule has 1 aromatic carbocycles. The Labute approximate surface area is 84.6 Å². The van der Waals surface area contributed by atoms with Crippen LogP contribution in [-0.4, -0.2) is 27.3 Å². The SMILES string of the molecule is N[C@@H](Cc1cc(O)c(O)cc1[19F])C(=O)O. The molecule has 6 heteroatoms. The van der Waals surface area contributed by atoms with Gasteiger partial charge in [0.1, 0.15) is 11.9 Å². The molecule has 0 unspecified atom stereocenters. The van der Waals surface area contributed by atoms with Crippen LogP contribution >= 0.6 is 0 Å². The van der Waals surface area contributed by atoms with Crippen LogP contribution in [0.15, 0.2) is 12.1 Å². The molecule has 0 aliphatic heterocycles. The normalized spacial score (nSPS) is 12.4. The van der Waals surface area contributed by atoms with Crippen molar-refractivity contribution in [1.82, 2.24) is 0 Å². The lowest BCUT2D eigenvalue weighted by Gasteiger charge is -2.08. The highest BCUT2D eigenvalue weighted by atomic mass is 19.1. The largest absolute Gasteiger partial charge is 0.504 e. The van der Waals surface area contributed by atoms with Gasteiger partial charge in [0.2, 0.25) is 0 Å². The van der Waals surface area contributed by atoms with Gasteiger partial charge in [0.25, 0.3) is 0 Å². The van der Waals surface area contributed by atoms with Crippen LogP contribution in [0.25, 0.3) is 0 Å². The number of phenolic OH excluding ortho intramolecular Hbond substituents is 2. The van der Waals surface area contributed by atoms with Crippen molar-refractivity contribution in [1.29, 1.82) is 0 Å². The molecule has 15 heavy (non-hydrogen) atoms. The van der Waals surface area contributed by atoms with Crippen molar-refractivity contribution in [2.24, 2.45) is 5.73 Å². The number of rotatable bonds is 3. The van der Waals surface area contributed by atoms with Crippen LogP contribution in [0.3, 0.4) is 0 Å². The van der Waals surface area contributed by atoms with E-state index in [1.807, 2.05) is 0 Å². The first-order valence-electron chi connectivity index (χ1n) is 4.10. The predicted octanol–water partition coefficient (Wildman–Crippen LogP) is 0.191. The fourth-order valence-corrected chi connectivity index (χ4v) is 1.08. The Balaban J connectivity index is 2.95. The van der Waals surface area contributed by atoms with Gasteiger partial charge in [-0.15, -0.1) is 0 Å². The minimum atomic E-state index is -1.26. The van der Waals surface area contributed by atoms with E-state index in [1.54, 1.807) is 0 Å². The summed E-state index contributed by atoms with van der Waals surface area (Å²) in [7, 11) is 0. The number of aromatic hydroxyl groups is 2. The van der Waals surface area contributed by atoms with Crippen molar-refractivity contribution < 1.29 is 24.5 Å². The molecule has 0 radical (unpaired) electrons. The summed E-state index contributed by atoms with van der Waals surface area (Å²) < 4.78 is 13.1. The van der Waals surface area contributed by atoms with Crippen molar-refractivity contribution in [3.63, 3.8) is 0 Å². The van der Waals surface area contributed by atoms with Gasteiger partial charge >= 0.3 is 5.97 Å².